The van der Waals surface area contributed by atoms with Crippen molar-refractivity contribution in [3.8, 4) is 10.8 Å². The van der Waals surface area contributed by atoms with E-state index in [1.54, 1.807) is 6.07 Å². The summed E-state index contributed by atoms with van der Waals surface area (Å²) in [5.41, 5.74) is 0.658. The number of carbonyl (C=O) groups is 1. The number of halogens is 3. The number of fused-ring (bicyclic) bond motifs is 1. The Balaban J connectivity index is 0.000000967. The van der Waals surface area contributed by atoms with Crippen LogP contribution in [0.15, 0.2) is 17.2 Å². The van der Waals surface area contributed by atoms with Crippen molar-refractivity contribution in [1.29, 1.82) is 0 Å². The molecule has 36 heavy (non-hydrogen) atoms. The minimum absolute atomic E-state index is 0.0456. The van der Waals surface area contributed by atoms with Crippen LogP contribution in [0.2, 0.25) is 5.15 Å². The fourth-order valence-corrected chi connectivity index (χ4v) is 6.27. The van der Waals surface area contributed by atoms with Gasteiger partial charge in [-0.1, -0.05) is 22.9 Å². The molecular formula is C20H24ClF2N7O4S2. The molecule has 1 saturated heterocycles. The quantitative estimate of drug-likeness (QED) is 0.386. The smallest absolute Gasteiger partial charge is 0.291 e. The Bertz CT molecular complexity index is 1350. The van der Waals surface area contributed by atoms with Crippen molar-refractivity contribution in [3.63, 3.8) is 0 Å². The van der Waals surface area contributed by atoms with Crippen LogP contribution in [0.25, 0.3) is 16.3 Å². The number of nitrogens with one attached hydrogen (secondary N) is 2. The van der Waals surface area contributed by atoms with Gasteiger partial charge in [0.1, 0.15) is 10.4 Å². The van der Waals surface area contributed by atoms with Crippen LogP contribution in [0.4, 0.5) is 14.5 Å². The topological polar surface area (TPSA) is 142 Å². The molecule has 3 N–H and O–H groups in total. The van der Waals surface area contributed by atoms with Crippen LogP contribution in [0.1, 0.15) is 37.6 Å². The number of carboxylic acid groups (broad SMARTS) is 1. The molecule has 2 aliphatic rings. The fraction of sp³-hybridized carbons (Fsp3) is 0.500. The Labute approximate surface area is 214 Å². The van der Waals surface area contributed by atoms with Gasteiger partial charge in [0.05, 0.1) is 5.69 Å². The Morgan fingerprint density at radius 1 is 1.31 bits per heavy atom. The van der Waals surface area contributed by atoms with Crippen LogP contribution < -0.4 is 14.9 Å². The van der Waals surface area contributed by atoms with Gasteiger partial charge in [0, 0.05) is 31.4 Å². The molecule has 16 heteroatoms. The van der Waals surface area contributed by atoms with Gasteiger partial charge in [-0.2, -0.15) is 0 Å². The van der Waals surface area contributed by atoms with Gasteiger partial charge in [-0.3, -0.25) is 9.20 Å². The summed E-state index contributed by atoms with van der Waals surface area (Å²) in [6.45, 7) is 4.53. The Morgan fingerprint density at radius 2 is 2.03 bits per heavy atom. The van der Waals surface area contributed by atoms with Crippen molar-refractivity contribution in [2.75, 3.05) is 31.1 Å². The predicted octanol–water partition coefficient (Wildman–Crippen LogP) is 2.78. The van der Waals surface area contributed by atoms with E-state index in [0.717, 1.165) is 32.4 Å². The highest BCUT2D eigenvalue weighted by Crippen LogP contribution is 2.39. The molecule has 3 aromatic heterocycles. The minimum atomic E-state index is -3.85. The molecule has 0 aromatic carbocycles. The lowest BCUT2D eigenvalue weighted by Gasteiger charge is -2.24. The molecule has 5 rings (SSSR count). The second-order valence-electron chi connectivity index (χ2n) is 8.61. The number of alkyl halides is 2. The lowest BCUT2D eigenvalue weighted by Crippen LogP contribution is -2.34. The van der Waals surface area contributed by atoms with E-state index in [-0.39, 0.29) is 27.4 Å². The van der Waals surface area contributed by atoms with Gasteiger partial charge in [0.25, 0.3) is 12.9 Å². The van der Waals surface area contributed by atoms with E-state index in [4.69, 9.17) is 21.5 Å². The number of hydrogen-bond acceptors (Lipinski definition) is 9. The van der Waals surface area contributed by atoms with Crippen LogP contribution in [-0.2, 0) is 14.8 Å². The Hall–Kier alpha value is -2.46. The number of anilines is 1. The third-order valence-electron chi connectivity index (χ3n) is 5.84. The van der Waals surface area contributed by atoms with Crippen LogP contribution in [0, 0.1) is 0 Å². The minimum Gasteiger partial charge on any atom is -0.483 e. The van der Waals surface area contributed by atoms with E-state index >= 15 is 0 Å². The van der Waals surface area contributed by atoms with Crippen LogP contribution >= 0.6 is 22.9 Å². The number of aromatic nitrogens is 4. The molecule has 1 aliphatic heterocycles. The number of rotatable bonds is 6. The molecule has 0 spiro atoms. The van der Waals surface area contributed by atoms with Crippen molar-refractivity contribution in [2.45, 2.75) is 43.0 Å². The summed E-state index contributed by atoms with van der Waals surface area (Å²) in [5.74, 6) is 0.170. The average Bonchev–Trinajstić information content (AvgIpc) is 3.28. The number of nitrogens with zero attached hydrogens (tertiary/aromatic N) is 5. The van der Waals surface area contributed by atoms with E-state index in [2.05, 4.69) is 30.1 Å². The molecule has 0 amide bonds. The second kappa shape index (κ2) is 10.5. The molecule has 0 radical (unpaired) electrons. The normalized spacial score (nSPS) is 17.5. The molecule has 0 unspecified atom stereocenters. The zero-order chi connectivity index (χ0) is 26.1. The molecule has 11 nitrogen and oxygen atoms in total. The molecule has 196 valence electrons. The van der Waals surface area contributed by atoms with Crippen LogP contribution in [0.5, 0.6) is 0 Å². The number of pyridine rings is 1. The van der Waals surface area contributed by atoms with E-state index < -0.39 is 27.0 Å². The first kappa shape index (κ1) is 26.6. The molecule has 4 heterocycles. The highest BCUT2D eigenvalue weighted by atomic mass is 35.5. The van der Waals surface area contributed by atoms with Gasteiger partial charge >= 0.3 is 0 Å². The summed E-state index contributed by atoms with van der Waals surface area (Å²) >= 11 is 7.21. The monoisotopic (exact) mass is 563 g/mol. The highest BCUT2D eigenvalue weighted by molar-refractivity contribution is 7.89. The molecule has 2 fully saturated rings. The predicted molar refractivity (Wildman–Crippen MR) is 130 cm³/mol. The molecule has 1 aliphatic carbocycles. The molecule has 0 atom stereocenters. The van der Waals surface area contributed by atoms with E-state index in [9.17, 15) is 17.2 Å². The summed E-state index contributed by atoms with van der Waals surface area (Å²) in [5, 5.41) is 17.4. The molecule has 1 saturated carbocycles. The van der Waals surface area contributed by atoms with Gasteiger partial charge in [0.15, 0.2) is 21.0 Å². The second-order valence-corrected chi connectivity index (χ2v) is 11.7. The maximum atomic E-state index is 13.2. The van der Waals surface area contributed by atoms with Crippen LogP contribution in [0.3, 0.4) is 0 Å². The fourth-order valence-electron chi connectivity index (χ4n) is 3.84. The van der Waals surface area contributed by atoms with Gasteiger partial charge in [-0.05, 0) is 38.8 Å². The molecule has 3 aromatic rings. The third kappa shape index (κ3) is 5.59. The van der Waals surface area contributed by atoms with Crippen molar-refractivity contribution in [3.05, 3.63) is 22.4 Å². The highest BCUT2D eigenvalue weighted by Gasteiger charge is 2.41. The molecule has 0 bridgehead atoms. The first-order chi connectivity index (χ1) is 17.1. The van der Waals surface area contributed by atoms with E-state index in [1.165, 1.54) is 10.6 Å². The van der Waals surface area contributed by atoms with E-state index in [1.807, 2.05) is 6.92 Å². The van der Waals surface area contributed by atoms with Crippen molar-refractivity contribution < 1.29 is 27.1 Å². The summed E-state index contributed by atoms with van der Waals surface area (Å²) in [6.07, 6.45) is 1.05. The number of hydrogen-bond donors (Lipinski definition) is 3. The third-order valence-corrected chi connectivity index (χ3v) is 8.63. The van der Waals surface area contributed by atoms with Gasteiger partial charge in [-0.25, -0.2) is 26.9 Å². The average molecular weight is 564 g/mol. The van der Waals surface area contributed by atoms with E-state index in [0.29, 0.717) is 35.6 Å². The largest absolute Gasteiger partial charge is 0.483 e. The number of sulfonamides is 1. The zero-order valence-corrected chi connectivity index (χ0v) is 21.5. The first-order valence-electron chi connectivity index (χ1n) is 11.0. The summed E-state index contributed by atoms with van der Waals surface area (Å²) in [4.78, 5) is 14.8. The Morgan fingerprint density at radius 3 is 2.67 bits per heavy atom. The maximum absolute atomic E-state index is 13.2. The Kier molecular flexibility index (Phi) is 7.75. The first-order valence-corrected chi connectivity index (χ1v) is 13.7. The molecular weight excluding hydrogens is 540 g/mol. The SMILES string of the molecule is CC1(NS(=O)(=O)c2cc(N3CCCNCC3)c3c(Cl)nc(-c4nnc(C(F)F)s4)n3c2)CC1.O=CO. The summed E-state index contributed by atoms with van der Waals surface area (Å²) in [7, 11) is -3.85. The van der Waals surface area contributed by atoms with Gasteiger partial charge in [-0.15, -0.1) is 10.2 Å². The standard InChI is InChI=1S/C19H22ClF2N7O2S2.CH2O2/c1-19(3-4-19)27-33(30,31)11-9-12(28-7-2-5-23-6-8-28)13-14(20)24-16(29(13)10-11)18-26-25-17(32-18)15(21)22;2-1-3/h9-10,15,23,27H,2-8H2,1H3;1H,(H,2,3). The van der Waals surface area contributed by atoms with Gasteiger partial charge in [0.2, 0.25) is 10.0 Å². The number of imidazole rings is 1. The lowest BCUT2D eigenvalue weighted by atomic mass is 10.3. The van der Waals surface area contributed by atoms with Crippen molar-refractivity contribution in [1.82, 2.24) is 29.6 Å². The van der Waals surface area contributed by atoms with Gasteiger partial charge < -0.3 is 15.3 Å². The lowest BCUT2D eigenvalue weighted by molar-refractivity contribution is -0.122. The van der Waals surface area contributed by atoms with Crippen molar-refractivity contribution in [2.24, 2.45) is 0 Å². The summed E-state index contributed by atoms with van der Waals surface area (Å²) in [6, 6.07) is 1.61. The summed E-state index contributed by atoms with van der Waals surface area (Å²) < 4.78 is 57.0. The van der Waals surface area contributed by atoms with Crippen molar-refractivity contribution >= 4 is 50.6 Å². The zero-order valence-electron chi connectivity index (χ0n) is 19.1. The maximum Gasteiger partial charge on any atom is 0.291 e. The van der Waals surface area contributed by atoms with Crippen LogP contribution in [-0.4, -0.2) is 71.3 Å².